The minimum absolute atomic E-state index is 0.0309. The van der Waals surface area contributed by atoms with Crippen molar-refractivity contribution in [2.24, 2.45) is 0 Å². The number of hydrogen-bond acceptors (Lipinski definition) is 1. The first-order chi connectivity index (χ1) is 6.36. The van der Waals surface area contributed by atoms with Crippen LogP contribution in [-0.2, 0) is 6.18 Å². The van der Waals surface area contributed by atoms with Gasteiger partial charge in [-0.2, -0.15) is 13.2 Å². The van der Waals surface area contributed by atoms with Crippen molar-refractivity contribution in [1.82, 2.24) is 0 Å². The molecule has 0 unspecified atom stereocenters. The summed E-state index contributed by atoms with van der Waals surface area (Å²) in [5.41, 5.74) is -0.846. The molecule has 0 saturated heterocycles. The van der Waals surface area contributed by atoms with Gasteiger partial charge in [0.1, 0.15) is 5.75 Å². The summed E-state index contributed by atoms with van der Waals surface area (Å²) in [6.07, 6.45) is -4.45. The maximum atomic E-state index is 12.4. The molecule has 0 aliphatic rings. The lowest BCUT2D eigenvalue weighted by Crippen LogP contribution is -2.06. The van der Waals surface area contributed by atoms with Gasteiger partial charge in [-0.25, -0.2) is 0 Å². The van der Waals surface area contributed by atoms with E-state index >= 15 is 0 Å². The SMILES string of the molecule is COc1cc(Cl)c(Br)c(C(F)(F)F)c1. The largest absolute Gasteiger partial charge is 0.497 e. The molecule has 0 aliphatic heterocycles. The summed E-state index contributed by atoms with van der Waals surface area (Å²) in [4.78, 5) is 0. The van der Waals surface area contributed by atoms with Crippen LogP contribution in [0, 0.1) is 0 Å². The number of halogens is 5. The molecule has 1 nitrogen and oxygen atoms in total. The summed E-state index contributed by atoms with van der Waals surface area (Å²) in [6.45, 7) is 0. The van der Waals surface area contributed by atoms with Crippen molar-refractivity contribution < 1.29 is 17.9 Å². The highest BCUT2D eigenvalue weighted by molar-refractivity contribution is 9.10. The lowest BCUT2D eigenvalue weighted by molar-refractivity contribution is -0.138. The Hall–Kier alpha value is -0.420. The van der Waals surface area contributed by atoms with Crippen LogP contribution >= 0.6 is 27.5 Å². The normalized spacial score (nSPS) is 11.6. The van der Waals surface area contributed by atoms with Crippen LogP contribution in [0.1, 0.15) is 5.56 Å². The molecular weight excluding hydrogens is 284 g/mol. The van der Waals surface area contributed by atoms with E-state index in [4.69, 9.17) is 11.6 Å². The van der Waals surface area contributed by atoms with E-state index in [0.717, 1.165) is 6.07 Å². The molecule has 0 saturated carbocycles. The Morgan fingerprint density at radius 2 is 1.93 bits per heavy atom. The summed E-state index contributed by atoms with van der Waals surface area (Å²) in [5, 5.41) is -0.0309. The van der Waals surface area contributed by atoms with Crippen molar-refractivity contribution in [3.8, 4) is 5.75 Å². The molecule has 0 bridgehead atoms. The van der Waals surface area contributed by atoms with Crippen LogP contribution in [0.4, 0.5) is 13.2 Å². The molecule has 1 rings (SSSR count). The average Bonchev–Trinajstić information content (AvgIpc) is 2.07. The summed E-state index contributed by atoms with van der Waals surface area (Å²) in [7, 11) is 1.28. The molecule has 0 atom stereocenters. The highest BCUT2D eigenvalue weighted by atomic mass is 79.9. The monoisotopic (exact) mass is 288 g/mol. The van der Waals surface area contributed by atoms with Gasteiger partial charge in [0.05, 0.1) is 17.7 Å². The third-order valence-corrected chi connectivity index (χ3v) is 2.92. The molecule has 1 aromatic carbocycles. The third-order valence-electron chi connectivity index (χ3n) is 1.54. The highest BCUT2D eigenvalue weighted by Gasteiger charge is 2.34. The fraction of sp³-hybridized carbons (Fsp3) is 0.250. The quantitative estimate of drug-likeness (QED) is 0.755. The van der Waals surface area contributed by atoms with Crippen LogP contribution in [0.3, 0.4) is 0 Å². The topological polar surface area (TPSA) is 9.23 Å². The third kappa shape index (κ3) is 2.33. The maximum Gasteiger partial charge on any atom is 0.417 e. The summed E-state index contributed by atoms with van der Waals surface area (Å²) >= 11 is 8.35. The Balaban J connectivity index is 3.35. The number of rotatable bonds is 1. The predicted molar refractivity (Wildman–Crippen MR) is 50.7 cm³/mol. The predicted octanol–water partition coefficient (Wildman–Crippen LogP) is 4.13. The molecule has 0 heterocycles. The van der Waals surface area contributed by atoms with Crippen molar-refractivity contribution in [2.75, 3.05) is 7.11 Å². The van der Waals surface area contributed by atoms with Gasteiger partial charge in [-0.1, -0.05) is 11.6 Å². The van der Waals surface area contributed by atoms with Crippen molar-refractivity contribution in [3.05, 3.63) is 27.2 Å². The molecule has 6 heteroatoms. The molecule has 0 radical (unpaired) electrons. The summed E-state index contributed by atoms with van der Waals surface area (Å²) in [5.74, 6) is 0.0746. The van der Waals surface area contributed by atoms with Crippen LogP contribution in [0.2, 0.25) is 5.02 Å². The van der Waals surface area contributed by atoms with Crippen molar-refractivity contribution in [3.63, 3.8) is 0 Å². The number of benzene rings is 1. The van der Waals surface area contributed by atoms with Crippen LogP contribution < -0.4 is 4.74 Å². The van der Waals surface area contributed by atoms with Crippen LogP contribution in [-0.4, -0.2) is 7.11 Å². The second kappa shape index (κ2) is 3.98. The van der Waals surface area contributed by atoms with E-state index in [9.17, 15) is 13.2 Å². The average molecular weight is 289 g/mol. The van der Waals surface area contributed by atoms with Gasteiger partial charge in [0.25, 0.3) is 0 Å². The molecular formula is C8H5BrClF3O. The standard InChI is InChI=1S/C8H5BrClF3O/c1-14-4-2-5(8(11,12)13)7(9)6(10)3-4/h2-3H,1H3. The van der Waals surface area contributed by atoms with Crippen molar-refractivity contribution in [2.45, 2.75) is 6.18 Å². The molecule has 0 spiro atoms. The van der Waals surface area contributed by atoms with Gasteiger partial charge < -0.3 is 4.74 Å². The van der Waals surface area contributed by atoms with Gasteiger partial charge in [0, 0.05) is 4.47 Å². The van der Waals surface area contributed by atoms with Crippen LogP contribution in [0.5, 0.6) is 5.75 Å². The van der Waals surface area contributed by atoms with E-state index in [2.05, 4.69) is 20.7 Å². The second-order valence-corrected chi connectivity index (χ2v) is 3.67. The van der Waals surface area contributed by atoms with E-state index < -0.39 is 11.7 Å². The van der Waals surface area contributed by atoms with Crippen molar-refractivity contribution >= 4 is 27.5 Å². The lowest BCUT2D eigenvalue weighted by atomic mass is 10.2. The fourth-order valence-electron chi connectivity index (χ4n) is 0.888. The Morgan fingerprint density at radius 3 is 2.36 bits per heavy atom. The van der Waals surface area contributed by atoms with Gasteiger partial charge in [0.15, 0.2) is 0 Å². The number of ether oxygens (including phenoxy) is 1. The molecule has 0 amide bonds. The Morgan fingerprint density at radius 1 is 1.36 bits per heavy atom. The Labute approximate surface area is 91.9 Å². The number of alkyl halides is 3. The first kappa shape index (κ1) is 11.7. The van der Waals surface area contributed by atoms with E-state index in [1.807, 2.05) is 0 Å². The lowest BCUT2D eigenvalue weighted by Gasteiger charge is -2.11. The summed E-state index contributed by atoms with van der Waals surface area (Å²) in [6, 6.07) is 2.19. The maximum absolute atomic E-state index is 12.4. The van der Waals surface area contributed by atoms with Gasteiger partial charge >= 0.3 is 6.18 Å². The smallest absolute Gasteiger partial charge is 0.417 e. The van der Waals surface area contributed by atoms with Crippen LogP contribution in [0.15, 0.2) is 16.6 Å². The fourth-order valence-corrected chi connectivity index (χ4v) is 1.55. The zero-order chi connectivity index (χ0) is 10.9. The van der Waals surface area contributed by atoms with E-state index in [1.54, 1.807) is 0 Å². The van der Waals surface area contributed by atoms with Crippen molar-refractivity contribution in [1.29, 1.82) is 0 Å². The van der Waals surface area contributed by atoms with Gasteiger partial charge in [-0.15, -0.1) is 0 Å². The Kier molecular flexibility index (Phi) is 3.32. The van der Waals surface area contributed by atoms with Gasteiger partial charge in [-0.05, 0) is 28.1 Å². The molecule has 0 N–H and O–H groups in total. The molecule has 14 heavy (non-hydrogen) atoms. The zero-order valence-electron chi connectivity index (χ0n) is 6.95. The minimum Gasteiger partial charge on any atom is -0.497 e. The van der Waals surface area contributed by atoms with E-state index in [-0.39, 0.29) is 15.2 Å². The minimum atomic E-state index is -4.45. The molecule has 78 valence electrons. The molecule has 0 aromatic heterocycles. The van der Waals surface area contributed by atoms with Crippen LogP contribution in [0.25, 0.3) is 0 Å². The second-order valence-electron chi connectivity index (χ2n) is 2.47. The van der Waals surface area contributed by atoms with Gasteiger partial charge in [-0.3, -0.25) is 0 Å². The number of hydrogen-bond donors (Lipinski definition) is 0. The van der Waals surface area contributed by atoms with E-state index in [0.29, 0.717) is 0 Å². The van der Waals surface area contributed by atoms with Gasteiger partial charge in [0.2, 0.25) is 0 Å². The molecule has 0 fully saturated rings. The molecule has 0 aliphatic carbocycles. The van der Waals surface area contributed by atoms with E-state index in [1.165, 1.54) is 13.2 Å². The highest BCUT2D eigenvalue weighted by Crippen LogP contribution is 2.40. The zero-order valence-corrected chi connectivity index (χ0v) is 9.29. The number of methoxy groups -OCH3 is 1. The Bertz CT molecular complexity index is 351. The molecule has 1 aromatic rings. The summed E-state index contributed by atoms with van der Waals surface area (Å²) < 4.78 is 41.7. The first-order valence-electron chi connectivity index (χ1n) is 3.46. The first-order valence-corrected chi connectivity index (χ1v) is 4.63.